The molecule has 214 valence electrons. The lowest BCUT2D eigenvalue weighted by molar-refractivity contribution is -0.0821. The van der Waals surface area contributed by atoms with Crippen molar-refractivity contribution in [2.24, 2.45) is 11.3 Å². The van der Waals surface area contributed by atoms with E-state index in [9.17, 15) is 9.90 Å². The van der Waals surface area contributed by atoms with Gasteiger partial charge in [0.15, 0.2) is 5.82 Å². The van der Waals surface area contributed by atoms with Crippen LogP contribution in [0.1, 0.15) is 35.6 Å². The number of methoxy groups -OCH3 is 1. The molecule has 0 unspecified atom stereocenters. The Kier molecular flexibility index (Phi) is 8.03. The smallest absolute Gasteiger partial charge is 0.409 e. The van der Waals surface area contributed by atoms with E-state index in [-0.39, 0.29) is 18.1 Å². The summed E-state index contributed by atoms with van der Waals surface area (Å²) in [6, 6.07) is 5.34. The quantitative estimate of drug-likeness (QED) is 0.387. The molecule has 2 fully saturated rings. The van der Waals surface area contributed by atoms with E-state index in [2.05, 4.69) is 10.5 Å². The van der Waals surface area contributed by atoms with Crippen molar-refractivity contribution in [1.82, 2.24) is 25.3 Å². The van der Waals surface area contributed by atoms with Crippen molar-refractivity contribution < 1.29 is 23.9 Å². The zero-order valence-corrected chi connectivity index (χ0v) is 24.3. The Balaban J connectivity index is 1.44. The van der Waals surface area contributed by atoms with Crippen LogP contribution in [0.3, 0.4) is 0 Å². The Hall–Kier alpha value is -3.21. The first-order chi connectivity index (χ1) is 19.1. The lowest BCUT2D eigenvalue weighted by atomic mass is 9.57. The molecular weight excluding hydrogens is 534 g/mol. The second-order valence-electron chi connectivity index (χ2n) is 11.1. The first kappa shape index (κ1) is 28.3. The molecule has 1 saturated carbocycles. The number of likely N-dealkylation sites (tertiary alicyclic amines) is 1. The van der Waals surface area contributed by atoms with E-state index >= 15 is 0 Å². The summed E-state index contributed by atoms with van der Waals surface area (Å²) in [4.78, 5) is 23.6. The average Bonchev–Trinajstić information content (AvgIpc) is 3.22. The number of aromatic nitrogens is 3. The number of aliphatic hydroxyl groups is 1. The number of benzene rings is 1. The topological polar surface area (TPSA) is 123 Å². The van der Waals surface area contributed by atoms with Crippen LogP contribution in [0, 0.1) is 32.1 Å². The lowest BCUT2D eigenvalue weighted by Crippen LogP contribution is -2.63. The van der Waals surface area contributed by atoms with E-state index in [1.165, 1.54) is 7.11 Å². The average molecular weight is 570 g/mol. The minimum absolute atomic E-state index is 0.142. The Morgan fingerprint density at radius 2 is 2.02 bits per heavy atom. The Morgan fingerprint density at radius 1 is 1.27 bits per heavy atom. The largest absolute Gasteiger partial charge is 0.491 e. The fourth-order valence-electron chi connectivity index (χ4n) is 6.06. The molecule has 1 saturated heterocycles. The van der Waals surface area contributed by atoms with Gasteiger partial charge in [-0.25, -0.2) is 14.8 Å². The molecule has 1 atom stereocenters. The van der Waals surface area contributed by atoms with Gasteiger partial charge < -0.3 is 29.3 Å². The number of carbonyl (C=O) groups is 1. The van der Waals surface area contributed by atoms with Crippen molar-refractivity contribution in [2.75, 3.05) is 40.4 Å². The lowest BCUT2D eigenvalue weighted by Gasteiger charge is -2.58. The van der Waals surface area contributed by atoms with Crippen LogP contribution in [0.15, 0.2) is 22.7 Å². The minimum Gasteiger partial charge on any atom is -0.491 e. The minimum atomic E-state index is -0.640. The Bertz CT molecular complexity index is 1380. The van der Waals surface area contributed by atoms with Crippen LogP contribution in [-0.2, 0) is 11.2 Å². The van der Waals surface area contributed by atoms with Gasteiger partial charge in [0.25, 0.3) is 0 Å². The summed E-state index contributed by atoms with van der Waals surface area (Å²) < 4.78 is 16.2. The van der Waals surface area contributed by atoms with Gasteiger partial charge in [0.1, 0.15) is 24.2 Å². The molecule has 0 bridgehead atoms. The third-order valence-electron chi connectivity index (χ3n) is 7.99. The molecule has 11 heteroatoms. The van der Waals surface area contributed by atoms with E-state index in [4.69, 9.17) is 35.6 Å². The van der Waals surface area contributed by atoms with Crippen molar-refractivity contribution in [1.29, 1.82) is 0 Å². The summed E-state index contributed by atoms with van der Waals surface area (Å²) >= 11 is 6.67. The monoisotopic (exact) mass is 569 g/mol. The van der Waals surface area contributed by atoms with Crippen molar-refractivity contribution in [3.8, 4) is 28.4 Å². The van der Waals surface area contributed by atoms with Crippen LogP contribution >= 0.6 is 11.6 Å². The molecule has 3 aromatic rings. The maximum Gasteiger partial charge on any atom is 0.409 e. The molecule has 2 aliphatic rings. The molecular formula is C29H36ClN5O5. The summed E-state index contributed by atoms with van der Waals surface area (Å²) in [5.74, 6) is 2.21. The van der Waals surface area contributed by atoms with Gasteiger partial charge in [0, 0.05) is 36.3 Å². The van der Waals surface area contributed by atoms with Crippen LogP contribution in [0.5, 0.6) is 5.75 Å². The molecule has 1 aromatic carbocycles. The second kappa shape index (κ2) is 11.3. The van der Waals surface area contributed by atoms with E-state index in [0.717, 1.165) is 60.6 Å². The standard InChI is InChI=1S/C29H36ClN5O5/c1-16-24(8-19-10-29(11-19)14-35(15-29)28(37)38-5)32-27(33-26(16)25-17(2)34-40-18(25)3)22-9-21(6-7-23(22)30)39-13-20(36)12-31-4/h6-7,9,19-20,31,36H,8,10-15H2,1-5H3/t20-/m1/s1. The molecule has 1 spiro atoms. The predicted molar refractivity (Wildman–Crippen MR) is 150 cm³/mol. The number of rotatable bonds is 9. The van der Waals surface area contributed by atoms with Gasteiger partial charge in [-0.05, 0) is 76.8 Å². The highest BCUT2D eigenvalue weighted by Crippen LogP contribution is 2.53. The van der Waals surface area contributed by atoms with Crippen molar-refractivity contribution in [2.45, 2.75) is 46.1 Å². The Labute approximate surface area is 239 Å². The van der Waals surface area contributed by atoms with Gasteiger partial charge in [0.2, 0.25) is 0 Å². The summed E-state index contributed by atoms with van der Waals surface area (Å²) in [6.45, 7) is 7.90. The van der Waals surface area contributed by atoms with Crippen molar-refractivity contribution in [3.05, 3.63) is 45.9 Å². The number of hydrogen-bond acceptors (Lipinski definition) is 9. The molecule has 2 aromatic heterocycles. The number of nitrogens with zero attached hydrogens (tertiary/aromatic N) is 4. The molecule has 5 rings (SSSR count). The highest BCUT2D eigenvalue weighted by molar-refractivity contribution is 6.33. The number of nitrogens with one attached hydrogen (secondary N) is 1. The molecule has 2 N–H and O–H groups in total. The summed E-state index contributed by atoms with van der Waals surface area (Å²) in [7, 11) is 3.20. The second-order valence-corrected chi connectivity index (χ2v) is 11.5. The molecule has 40 heavy (non-hydrogen) atoms. The maximum absolute atomic E-state index is 11.8. The highest BCUT2D eigenvalue weighted by atomic mass is 35.5. The van der Waals surface area contributed by atoms with E-state index < -0.39 is 6.10 Å². The summed E-state index contributed by atoms with van der Waals surface area (Å²) in [5.41, 5.74) is 5.18. The SMILES string of the molecule is CNC[C@@H](O)COc1ccc(Cl)c(-c2nc(CC3CC4(C3)CN(C(=O)OC)C4)c(C)c(-c3c(C)noc3C)n2)c1. The van der Waals surface area contributed by atoms with Crippen LogP contribution in [0.25, 0.3) is 22.6 Å². The van der Waals surface area contributed by atoms with Crippen LogP contribution in [0.4, 0.5) is 4.79 Å². The fraction of sp³-hybridized carbons (Fsp3) is 0.517. The highest BCUT2D eigenvalue weighted by Gasteiger charge is 2.53. The molecule has 10 nitrogen and oxygen atoms in total. The van der Waals surface area contributed by atoms with E-state index in [0.29, 0.717) is 40.4 Å². The van der Waals surface area contributed by atoms with Gasteiger partial charge in [-0.15, -0.1) is 0 Å². The number of amides is 1. The van der Waals surface area contributed by atoms with Crippen molar-refractivity contribution in [3.63, 3.8) is 0 Å². The number of aryl methyl sites for hydroxylation is 2. The number of likely N-dealkylation sites (N-methyl/N-ethyl adjacent to an activating group) is 1. The zero-order valence-electron chi connectivity index (χ0n) is 23.6. The van der Waals surface area contributed by atoms with E-state index in [1.807, 2.05) is 26.8 Å². The first-order valence-corrected chi connectivity index (χ1v) is 13.9. The van der Waals surface area contributed by atoms with Gasteiger partial charge in [-0.1, -0.05) is 16.8 Å². The van der Waals surface area contributed by atoms with Gasteiger partial charge in [-0.2, -0.15) is 0 Å². The predicted octanol–water partition coefficient (Wildman–Crippen LogP) is 4.36. The molecule has 1 aliphatic heterocycles. The molecule has 1 amide bonds. The third kappa shape index (κ3) is 5.53. The summed E-state index contributed by atoms with van der Waals surface area (Å²) in [5, 5.41) is 17.6. The first-order valence-electron chi connectivity index (χ1n) is 13.5. The van der Waals surface area contributed by atoms with Crippen LogP contribution in [-0.4, -0.2) is 77.7 Å². The fourth-order valence-corrected chi connectivity index (χ4v) is 6.26. The van der Waals surface area contributed by atoms with Gasteiger partial charge in [-0.3, -0.25) is 0 Å². The number of ether oxygens (including phenoxy) is 2. The number of hydrogen-bond donors (Lipinski definition) is 2. The van der Waals surface area contributed by atoms with Gasteiger partial charge >= 0.3 is 6.09 Å². The number of carbonyl (C=O) groups excluding carboxylic acids is 1. The zero-order chi connectivity index (χ0) is 28.6. The van der Waals surface area contributed by atoms with E-state index in [1.54, 1.807) is 24.1 Å². The normalized spacial score (nSPS) is 16.9. The van der Waals surface area contributed by atoms with Crippen LogP contribution < -0.4 is 10.1 Å². The molecule has 0 radical (unpaired) electrons. The molecule has 3 heterocycles. The third-order valence-corrected chi connectivity index (χ3v) is 8.32. The number of halogens is 1. The number of aliphatic hydroxyl groups excluding tert-OH is 1. The van der Waals surface area contributed by atoms with Crippen molar-refractivity contribution >= 4 is 17.7 Å². The summed E-state index contributed by atoms with van der Waals surface area (Å²) in [6.07, 6.45) is 1.98. The molecule has 1 aliphatic carbocycles. The van der Waals surface area contributed by atoms with Gasteiger partial charge in [0.05, 0.1) is 29.1 Å². The van der Waals surface area contributed by atoms with Crippen LogP contribution in [0.2, 0.25) is 5.02 Å². The maximum atomic E-state index is 11.8. The Morgan fingerprint density at radius 3 is 2.67 bits per heavy atom.